The van der Waals surface area contributed by atoms with Crippen molar-refractivity contribution in [3.05, 3.63) is 51.6 Å². The minimum Gasteiger partial charge on any atom is -0.496 e. The van der Waals surface area contributed by atoms with E-state index in [4.69, 9.17) is 13.9 Å². The monoisotopic (exact) mass is 408 g/mol. The fraction of sp³-hybridized carbons (Fsp3) is 0.188. The minimum absolute atomic E-state index is 0.249. The Labute approximate surface area is 150 Å². The highest BCUT2D eigenvalue weighted by molar-refractivity contribution is 9.10. The number of nitrogens with zero attached hydrogens (tertiary/aromatic N) is 2. The van der Waals surface area contributed by atoms with Crippen LogP contribution in [-0.4, -0.2) is 23.3 Å². The Morgan fingerprint density at radius 2 is 2.17 bits per heavy atom. The molecule has 0 spiro atoms. The summed E-state index contributed by atoms with van der Waals surface area (Å²) in [7, 11) is 1.56. The van der Waals surface area contributed by atoms with E-state index >= 15 is 0 Å². The lowest BCUT2D eigenvalue weighted by Gasteiger charge is -2.10. The van der Waals surface area contributed by atoms with E-state index in [1.807, 2.05) is 17.5 Å². The number of hydrogen-bond donors (Lipinski definition) is 0. The molecule has 0 N–H and O–H groups in total. The summed E-state index contributed by atoms with van der Waals surface area (Å²) in [4.78, 5) is 13.1. The van der Waals surface area contributed by atoms with Crippen molar-refractivity contribution in [2.45, 2.75) is 13.0 Å². The molecule has 0 unspecified atom stereocenters. The third-order valence-corrected chi connectivity index (χ3v) is 4.67. The SMILES string of the molecule is COc1ccc(C(=O)O[C@@H](C)c2nnc(-c3cccs3)o2)cc1Br. The number of carbonyl (C=O) groups excluding carboxylic acids is 1. The molecule has 1 atom stereocenters. The second kappa shape index (κ2) is 7.14. The maximum absolute atomic E-state index is 12.2. The molecule has 3 rings (SSSR count). The van der Waals surface area contributed by atoms with Gasteiger partial charge >= 0.3 is 5.97 Å². The van der Waals surface area contributed by atoms with Gasteiger partial charge in [0, 0.05) is 0 Å². The zero-order valence-electron chi connectivity index (χ0n) is 12.9. The van der Waals surface area contributed by atoms with Gasteiger partial charge in [-0.3, -0.25) is 0 Å². The Hall–Kier alpha value is -2.19. The van der Waals surface area contributed by atoms with Gasteiger partial charge in [-0.15, -0.1) is 21.5 Å². The highest BCUT2D eigenvalue weighted by Crippen LogP contribution is 2.28. The number of carbonyl (C=O) groups is 1. The lowest BCUT2D eigenvalue weighted by atomic mass is 10.2. The number of esters is 1. The molecule has 8 heteroatoms. The Kier molecular flexibility index (Phi) is 4.96. The molecule has 1 aromatic carbocycles. The molecule has 0 saturated heterocycles. The predicted molar refractivity (Wildman–Crippen MR) is 92.1 cm³/mol. The molecule has 0 aliphatic carbocycles. The molecule has 124 valence electrons. The zero-order valence-corrected chi connectivity index (χ0v) is 15.3. The van der Waals surface area contributed by atoms with Crippen LogP contribution < -0.4 is 4.74 Å². The smallest absolute Gasteiger partial charge is 0.338 e. The molecule has 0 aliphatic rings. The number of thiophene rings is 1. The van der Waals surface area contributed by atoms with Crippen LogP contribution in [0.3, 0.4) is 0 Å². The van der Waals surface area contributed by atoms with E-state index in [-0.39, 0.29) is 5.89 Å². The average molecular weight is 409 g/mol. The van der Waals surface area contributed by atoms with Crippen LogP contribution in [0.15, 0.2) is 44.6 Å². The van der Waals surface area contributed by atoms with Crippen molar-refractivity contribution in [2.24, 2.45) is 0 Å². The second-order valence-electron chi connectivity index (χ2n) is 4.82. The normalized spacial score (nSPS) is 12.0. The molecule has 0 amide bonds. The molecular weight excluding hydrogens is 396 g/mol. The van der Waals surface area contributed by atoms with E-state index in [0.29, 0.717) is 21.7 Å². The van der Waals surface area contributed by atoms with Crippen LogP contribution in [0, 0.1) is 0 Å². The lowest BCUT2D eigenvalue weighted by Crippen LogP contribution is -2.09. The summed E-state index contributed by atoms with van der Waals surface area (Å²) < 4.78 is 16.8. The Morgan fingerprint density at radius 3 is 2.83 bits per heavy atom. The summed E-state index contributed by atoms with van der Waals surface area (Å²) in [5, 5.41) is 9.84. The first kappa shape index (κ1) is 16.7. The summed E-state index contributed by atoms with van der Waals surface area (Å²) >= 11 is 4.84. The first-order valence-electron chi connectivity index (χ1n) is 7.00. The van der Waals surface area contributed by atoms with Gasteiger partial charge in [-0.2, -0.15) is 0 Å². The molecule has 3 aromatic rings. The summed E-state index contributed by atoms with van der Waals surface area (Å²) in [6.45, 7) is 1.68. The van der Waals surface area contributed by atoms with Crippen molar-refractivity contribution in [3.63, 3.8) is 0 Å². The first-order chi connectivity index (χ1) is 11.6. The van der Waals surface area contributed by atoms with Gasteiger partial charge in [-0.05, 0) is 52.5 Å². The molecule has 2 aromatic heterocycles. The molecule has 0 aliphatic heterocycles. The highest BCUT2D eigenvalue weighted by atomic mass is 79.9. The van der Waals surface area contributed by atoms with Crippen molar-refractivity contribution >= 4 is 33.2 Å². The van der Waals surface area contributed by atoms with Crippen molar-refractivity contribution in [1.82, 2.24) is 10.2 Å². The van der Waals surface area contributed by atoms with E-state index in [1.54, 1.807) is 32.2 Å². The third-order valence-electron chi connectivity index (χ3n) is 3.19. The number of halogens is 1. The number of hydrogen-bond acceptors (Lipinski definition) is 7. The third kappa shape index (κ3) is 3.49. The van der Waals surface area contributed by atoms with Crippen LogP contribution in [0.25, 0.3) is 10.8 Å². The van der Waals surface area contributed by atoms with Gasteiger partial charge in [0.2, 0.25) is 0 Å². The van der Waals surface area contributed by atoms with E-state index in [0.717, 1.165) is 4.88 Å². The lowest BCUT2D eigenvalue weighted by molar-refractivity contribution is 0.0280. The van der Waals surface area contributed by atoms with Gasteiger partial charge in [0.1, 0.15) is 5.75 Å². The van der Waals surface area contributed by atoms with Gasteiger partial charge in [-0.1, -0.05) is 6.07 Å². The molecular formula is C16H13BrN2O4S. The van der Waals surface area contributed by atoms with Gasteiger partial charge < -0.3 is 13.9 Å². The quantitative estimate of drug-likeness (QED) is 0.579. The zero-order chi connectivity index (χ0) is 17.1. The van der Waals surface area contributed by atoms with Crippen molar-refractivity contribution in [3.8, 4) is 16.5 Å². The number of ether oxygens (including phenoxy) is 2. The number of rotatable bonds is 5. The summed E-state index contributed by atoms with van der Waals surface area (Å²) in [5.41, 5.74) is 0.396. The van der Waals surface area contributed by atoms with E-state index in [1.165, 1.54) is 11.3 Å². The largest absolute Gasteiger partial charge is 0.496 e. The number of aromatic nitrogens is 2. The molecule has 0 saturated carbocycles. The van der Waals surface area contributed by atoms with E-state index in [2.05, 4.69) is 26.1 Å². The fourth-order valence-corrected chi connectivity index (χ4v) is 3.16. The minimum atomic E-state index is -0.653. The van der Waals surface area contributed by atoms with Crippen LogP contribution in [0.1, 0.15) is 29.3 Å². The Bertz CT molecular complexity index is 848. The van der Waals surface area contributed by atoms with Crippen LogP contribution in [0.5, 0.6) is 5.75 Å². The molecule has 0 fully saturated rings. The standard InChI is InChI=1S/C16H13BrN2O4S/c1-9(14-18-19-15(23-14)13-4-3-7-24-13)22-16(20)10-5-6-12(21-2)11(17)8-10/h3-9H,1-2H3/t9-/m0/s1. The van der Waals surface area contributed by atoms with Crippen molar-refractivity contribution in [2.75, 3.05) is 7.11 Å². The maximum Gasteiger partial charge on any atom is 0.338 e. The number of benzene rings is 1. The molecule has 2 heterocycles. The van der Waals surface area contributed by atoms with Gasteiger partial charge in [0.15, 0.2) is 6.10 Å². The van der Waals surface area contributed by atoms with Crippen LogP contribution in [-0.2, 0) is 4.74 Å². The first-order valence-corrected chi connectivity index (χ1v) is 8.67. The summed E-state index contributed by atoms with van der Waals surface area (Å²) in [5.74, 6) is 0.813. The fourth-order valence-electron chi connectivity index (χ4n) is 1.97. The molecule has 24 heavy (non-hydrogen) atoms. The van der Waals surface area contributed by atoms with Crippen molar-refractivity contribution in [1.29, 1.82) is 0 Å². The van der Waals surface area contributed by atoms with Crippen LogP contribution in [0.2, 0.25) is 0 Å². The van der Waals surface area contributed by atoms with Crippen LogP contribution >= 0.6 is 27.3 Å². The Morgan fingerprint density at radius 1 is 1.33 bits per heavy atom. The predicted octanol–water partition coefficient (Wildman–Crippen LogP) is 4.49. The van der Waals surface area contributed by atoms with Crippen LogP contribution in [0.4, 0.5) is 0 Å². The van der Waals surface area contributed by atoms with Gasteiger partial charge in [0.25, 0.3) is 11.8 Å². The molecule has 0 bridgehead atoms. The molecule has 0 radical (unpaired) electrons. The Balaban J connectivity index is 1.71. The summed E-state index contributed by atoms with van der Waals surface area (Å²) in [6, 6.07) is 8.73. The summed E-state index contributed by atoms with van der Waals surface area (Å²) in [6.07, 6.45) is -0.653. The van der Waals surface area contributed by atoms with Gasteiger partial charge in [-0.25, -0.2) is 4.79 Å². The van der Waals surface area contributed by atoms with Gasteiger partial charge in [0.05, 0.1) is 22.0 Å². The van der Waals surface area contributed by atoms with Crippen molar-refractivity contribution < 1.29 is 18.7 Å². The number of methoxy groups -OCH3 is 1. The highest BCUT2D eigenvalue weighted by Gasteiger charge is 2.20. The maximum atomic E-state index is 12.2. The molecule has 6 nitrogen and oxygen atoms in total. The second-order valence-corrected chi connectivity index (χ2v) is 6.62. The van der Waals surface area contributed by atoms with E-state index < -0.39 is 12.1 Å². The van der Waals surface area contributed by atoms with E-state index in [9.17, 15) is 4.79 Å². The topological polar surface area (TPSA) is 74.5 Å². The average Bonchev–Trinajstić information content (AvgIpc) is 3.25.